The first-order valence-corrected chi connectivity index (χ1v) is 6.05. The smallest absolute Gasteiger partial charge is 0.131 e. The molecule has 0 aliphatic heterocycles. The molecule has 2 heterocycles. The van der Waals surface area contributed by atoms with Crippen molar-refractivity contribution in [3.05, 3.63) is 17.7 Å². The summed E-state index contributed by atoms with van der Waals surface area (Å²) in [5.41, 5.74) is 8.96. The van der Waals surface area contributed by atoms with E-state index in [1.807, 2.05) is 36.5 Å². The number of anilines is 1. The molecule has 0 aliphatic carbocycles. The highest BCUT2D eigenvalue weighted by Gasteiger charge is 2.25. The Bertz CT molecular complexity index is 583. The zero-order valence-corrected chi connectivity index (χ0v) is 11.9. The van der Waals surface area contributed by atoms with Crippen LogP contribution in [0.4, 0.5) is 5.82 Å². The minimum absolute atomic E-state index is 0.0333. The number of aromatic nitrogens is 4. The highest BCUT2D eigenvalue weighted by molar-refractivity contribution is 5.73. The van der Waals surface area contributed by atoms with E-state index in [0.717, 1.165) is 22.8 Å². The highest BCUT2D eigenvalue weighted by Crippen LogP contribution is 2.34. The second-order valence-corrected chi connectivity index (χ2v) is 5.77. The Hall–Kier alpha value is -1.78. The molecule has 0 saturated carbocycles. The number of nitrogens with two attached hydrogens (primary N) is 1. The molecule has 0 bridgehead atoms. The Morgan fingerprint density at radius 2 is 1.83 bits per heavy atom. The third-order valence-electron chi connectivity index (χ3n) is 3.16. The van der Waals surface area contributed by atoms with E-state index in [9.17, 15) is 0 Å². The molecular formula is C13H21N5. The number of nitrogen functional groups attached to an aromatic ring is 1. The van der Waals surface area contributed by atoms with Gasteiger partial charge in [0.15, 0.2) is 0 Å². The van der Waals surface area contributed by atoms with E-state index >= 15 is 0 Å². The van der Waals surface area contributed by atoms with Crippen molar-refractivity contribution < 1.29 is 0 Å². The van der Waals surface area contributed by atoms with Gasteiger partial charge < -0.3 is 10.3 Å². The Balaban J connectivity index is 2.68. The molecule has 2 N–H and O–H groups in total. The largest absolute Gasteiger partial charge is 0.383 e. The summed E-state index contributed by atoms with van der Waals surface area (Å²) in [6, 6.07) is 0. The van der Waals surface area contributed by atoms with Gasteiger partial charge in [0.1, 0.15) is 17.3 Å². The maximum Gasteiger partial charge on any atom is 0.131 e. The van der Waals surface area contributed by atoms with Gasteiger partial charge in [-0.2, -0.15) is 5.10 Å². The minimum atomic E-state index is -0.0333. The van der Waals surface area contributed by atoms with Gasteiger partial charge in [-0.15, -0.1) is 0 Å². The summed E-state index contributed by atoms with van der Waals surface area (Å²) in [6.45, 7) is 8.38. The van der Waals surface area contributed by atoms with Gasteiger partial charge in [0.05, 0.1) is 5.69 Å². The lowest BCUT2D eigenvalue weighted by molar-refractivity contribution is 0.554. The van der Waals surface area contributed by atoms with Gasteiger partial charge in [-0.1, -0.05) is 20.8 Å². The topological polar surface area (TPSA) is 61.7 Å². The molecule has 18 heavy (non-hydrogen) atoms. The standard InChI is InChI=1S/C13H21N5/c1-8-15-10(12(14)18(8)6)9-7-17(5)16-11(9)13(2,3)4/h7H,14H2,1-6H3. The SMILES string of the molecule is Cc1nc(-c2cn(C)nc2C(C)(C)C)c(N)n1C. The van der Waals surface area contributed by atoms with Gasteiger partial charge in [0, 0.05) is 31.3 Å². The van der Waals surface area contributed by atoms with E-state index in [0.29, 0.717) is 5.82 Å². The molecule has 5 heteroatoms. The van der Waals surface area contributed by atoms with Crippen LogP contribution in [0, 0.1) is 6.92 Å². The number of imidazole rings is 1. The predicted molar refractivity (Wildman–Crippen MR) is 73.3 cm³/mol. The summed E-state index contributed by atoms with van der Waals surface area (Å²) >= 11 is 0. The second-order valence-electron chi connectivity index (χ2n) is 5.77. The lowest BCUT2D eigenvalue weighted by atomic mass is 9.89. The van der Waals surface area contributed by atoms with Gasteiger partial charge >= 0.3 is 0 Å². The monoisotopic (exact) mass is 247 g/mol. The first-order chi connectivity index (χ1) is 8.21. The predicted octanol–water partition coefficient (Wildman–Crippen LogP) is 2.01. The summed E-state index contributed by atoms with van der Waals surface area (Å²) in [6.07, 6.45) is 1.98. The summed E-state index contributed by atoms with van der Waals surface area (Å²) in [7, 11) is 3.85. The maximum atomic E-state index is 6.12. The number of nitrogens with zero attached hydrogens (tertiary/aromatic N) is 4. The lowest BCUT2D eigenvalue weighted by Gasteiger charge is -2.16. The Morgan fingerprint density at radius 1 is 1.22 bits per heavy atom. The van der Waals surface area contributed by atoms with Crippen LogP contribution < -0.4 is 5.73 Å². The zero-order valence-electron chi connectivity index (χ0n) is 11.9. The van der Waals surface area contributed by atoms with Crippen molar-refractivity contribution in [1.82, 2.24) is 19.3 Å². The van der Waals surface area contributed by atoms with E-state index in [-0.39, 0.29) is 5.41 Å². The maximum absolute atomic E-state index is 6.12. The molecule has 0 aromatic carbocycles. The van der Waals surface area contributed by atoms with E-state index in [1.165, 1.54) is 0 Å². The lowest BCUT2D eigenvalue weighted by Crippen LogP contribution is -2.14. The Kier molecular flexibility index (Phi) is 2.72. The van der Waals surface area contributed by atoms with Crippen LogP contribution in [0.3, 0.4) is 0 Å². The van der Waals surface area contributed by atoms with Crippen LogP contribution in [0.15, 0.2) is 6.20 Å². The van der Waals surface area contributed by atoms with E-state index in [2.05, 4.69) is 30.9 Å². The fourth-order valence-corrected chi connectivity index (χ4v) is 2.04. The van der Waals surface area contributed by atoms with Crippen molar-refractivity contribution in [3.8, 4) is 11.3 Å². The van der Waals surface area contributed by atoms with Gasteiger partial charge in [-0.3, -0.25) is 4.68 Å². The van der Waals surface area contributed by atoms with Crippen LogP contribution in [0.1, 0.15) is 32.3 Å². The first-order valence-electron chi connectivity index (χ1n) is 6.05. The molecule has 0 amide bonds. The molecule has 5 nitrogen and oxygen atoms in total. The van der Waals surface area contributed by atoms with Crippen LogP contribution in [0.25, 0.3) is 11.3 Å². The fourth-order valence-electron chi connectivity index (χ4n) is 2.04. The average Bonchev–Trinajstić information content (AvgIpc) is 2.74. The van der Waals surface area contributed by atoms with E-state index in [1.54, 1.807) is 0 Å². The molecule has 0 saturated heterocycles. The first kappa shape index (κ1) is 12.7. The molecule has 0 fully saturated rings. The molecule has 2 aromatic heterocycles. The van der Waals surface area contributed by atoms with Crippen molar-refractivity contribution in [1.29, 1.82) is 0 Å². The third kappa shape index (κ3) is 1.89. The quantitative estimate of drug-likeness (QED) is 0.838. The molecule has 2 rings (SSSR count). The van der Waals surface area contributed by atoms with Crippen molar-refractivity contribution in [2.75, 3.05) is 5.73 Å². The van der Waals surface area contributed by atoms with Crippen molar-refractivity contribution in [2.45, 2.75) is 33.1 Å². The fraction of sp³-hybridized carbons (Fsp3) is 0.538. The summed E-state index contributed by atoms with van der Waals surface area (Å²) in [5, 5.41) is 4.55. The highest BCUT2D eigenvalue weighted by atomic mass is 15.3. The Labute approximate surface area is 108 Å². The molecule has 0 atom stereocenters. The summed E-state index contributed by atoms with van der Waals surface area (Å²) in [4.78, 5) is 4.55. The van der Waals surface area contributed by atoms with Gasteiger partial charge in [0.2, 0.25) is 0 Å². The van der Waals surface area contributed by atoms with Gasteiger partial charge in [0.25, 0.3) is 0 Å². The summed E-state index contributed by atoms with van der Waals surface area (Å²) < 4.78 is 3.72. The van der Waals surface area contributed by atoms with Gasteiger partial charge in [-0.25, -0.2) is 4.98 Å². The summed E-state index contributed by atoms with van der Waals surface area (Å²) in [5.74, 6) is 1.59. The van der Waals surface area contributed by atoms with Crippen LogP contribution in [0.5, 0.6) is 0 Å². The molecule has 98 valence electrons. The van der Waals surface area contributed by atoms with Gasteiger partial charge in [-0.05, 0) is 6.92 Å². The molecule has 0 unspecified atom stereocenters. The number of aryl methyl sites for hydroxylation is 2. The average molecular weight is 247 g/mol. The second kappa shape index (κ2) is 3.86. The number of rotatable bonds is 1. The Morgan fingerprint density at radius 3 is 2.28 bits per heavy atom. The van der Waals surface area contributed by atoms with Crippen molar-refractivity contribution in [2.24, 2.45) is 14.1 Å². The molecule has 0 spiro atoms. The molecule has 0 aliphatic rings. The van der Waals surface area contributed by atoms with E-state index < -0.39 is 0 Å². The number of hydrogen-bond donors (Lipinski definition) is 1. The van der Waals surface area contributed by atoms with Crippen LogP contribution in [0.2, 0.25) is 0 Å². The van der Waals surface area contributed by atoms with Crippen LogP contribution >= 0.6 is 0 Å². The zero-order chi connectivity index (χ0) is 13.7. The van der Waals surface area contributed by atoms with Crippen molar-refractivity contribution in [3.63, 3.8) is 0 Å². The van der Waals surface area contributed by atoms with Crippen molar-refractivity contribution >= 4 is 5.82 Å². The molecular weight excluding hydrogens is 226 g/mol. The normalized spacial score (nSPS) is 12.1. The molecule has 2 aromatic rings. The van der Waals surface area contributed by atoms with Crippen LogP contribution in [-0.2, 0) is 19.5 Å². The third-order valence-corrected chi connectivity index (χ3v) is 3.16. The number of hydrogen-bond acceptors (Lipinski definition) is 3. The van der Waals surface area contributed by atoms with E-state index in [4.69, 9.17) is 5.73 Å². The molecule has 0 radical (unpaired) electrons. The minimum Gasteiger partial charge on any atom is -0.383 e. The van der Waals surface area contributed by atoms with Crippen LogP contribution in [-0.4, -0.2) is 19.3 Å².